The molecule has 0 aliphatic rings. The number of rotatable bonds is 6. The van der Waals surface area contributed by atoms with Crippen LogP contribution in [0.2, 0.25) is 0 Å². The first-order valence-corrected chi connectivity index (χ1v) is 6.91. The summed E-state index contributed by atoms with van der Waals surface area (Å²) < 4.78 is 24.1. The third-order valence-corrected chi connectivity index (χ3v) is 3.21. The maximum Gasteiger partial charge on any atom is 0.132 e. The lowest BCUT2D eigenvalue weighted by Gasteiger charge is -2.14. The van der Waals surface area contributed by atoms with E-state index < -0.39 is 0 Å². The standard InChI is InChI=1S/C17H20FNO2/c1-12(19)16-11-14(18)5-8-17(16)21-15-6-3-13(4-7-15)9-10-20-2/h3-8,11-12H,9-10,19H2,1-2H3. The molecule has 0 saturated heterocycles. The van der Waals surface area contributed by atoms with E-state index in [2.05, 4.69) is 0 Å². The molecule has 0 bridgehead atoms. The Bertz CT molecular complexity index is 582. The van der Waals surface area contributed by atoms with Crippen molar-refractivity contribution in [3.8, 4) is 11.5 Å². The number of ether oxygens (including phenoxy) is 2. The average Bonchev–Trinajstić information content (AvgIpc) is 2.48. The fraction of sp³-hybridized carbons (Fsp3) is 0.294. The Hall–Kier alpha value is -1.91. The largest absolute Gasteiger partial charge is 0.457 e. The maximum absolute atomic E-state index is 13.3. The predicted molar refractivity (Wildman–Crippen MR) is 81.1 cm³/mol. The molecule has 0 spiro atoms. The summed E-state index contributed by atoms with van der Waals surface area (Å²) >= 11 is 0. The molecule has 0 fully saturated rings. The van der Waals surface area contributed by atoms with Gasteiger partial charge in [-0.25, -0.2) is 4.39 Å². The first kappa shape index (κ1) is 15.5. The Labute approximate surface area is 124 Å². The quantitative estimate of drug-likeness (QED) is 0.879. The van der Waals surface area contributed by atoms with Crippen molar-refractivity contribution in [2.45, 2.75) is 19.4 Å². The van der Waals surface area contributed by atoms with E-state index in [1.165, 1.54) is 17.7 Å². The number of hydrogen-bond acceptors (Lipinski definition) is 3. The fourth-order valence-corrected chi connectivity index (χ4v) is 2.04. The molecule has 0 aromatic heterocycles. The van der Waals surface area contributed by atoms with E-state index in [1.54, 1.807) is 20.1 Å². The second kappa shape index (κ2) is 7.20. The van der Waals surface area contributed by atoms with Gasteiger partial charge in [0.2, 0.25) is 0 Å². The van der Waals surface area contributed by atoms with Crippen LogP contribution in [0, 0.1) is 5.82 Å². The topological polar surface area (TPSA) is 44.5 Å². The van der Waals surface area contributed by atoms with Crippen molar-refractivity contribution in [3.05, 3.63) is 59.4 Å². The van der Waals surface area contributed by atoms with Crippen molar-refractivity contribution in [1.82, 2.24) is 0 Å². The van der Waals surface area contributed by atoms with Crippen LogP contribution in [0.3, 0.4) is 0 Å². The third-order valence-electron chi connectivity index (χ3n) is 3.21. The molecule has 4 heteroatoms. The number of hydrogen-bond donors (Lipinski definition) is 1. The molecular weight excluding hydrogens is 269 g/mol. The third kappa shape index (κ3) is 4.28. The van der Waals surface area contributed by atoms with Gasteiger partial charge in [-0.15, -0.1) is 0 Å². The molecule has 2 rings (SSSR count). The molecule has 2 aromatic rings. The van der Waals surface area contributed by atoms with Gasteiger partial charge in [0.1, 0.15) is 17.3 Å². The summed E-state index contributed by atoms with van der Waals surface area (Å²) in [6, 6.07) is 11.8. The monoisotopic (exact) mass is 289 g/mol. The highest BCUT2D eigenvalue weighted by atomic mass is 19.1. The van der Waals surface area contributed by atoms with E-state index in [9.17, 15) is 4.39 Å². The van der Waals surface area contributed by atoms with Crippen molar-refractivity contribution in [1.29, 1.82) is 0 Å². The van der Waals surface area contributed by atoms with Crippen molar-refractivity contribution in [3.63, 3.8) is 0 Å². The van der Waals surface area contributed by atoms with E-state index in [-0.39, 0.29) is 11.9 Å². The lowest BCUT2D eigenvalue weighted by Crippen LogP contribution is -2.07. The average molecular weight is 289 g/mol. The second-order valence-electron chi connectivity index (χ2n) is 4.96. The molecule has 0 aliphatic heterocycles. The summed E-state index contributed by atoms with van der Waals surface area (Å²) in [6.45, 7) is 2.49. The van der Waals surface area contributed by atoms with E-state index in [1.807, 2.05) is 24.3 Å². The molecule has 1 unspecified atom stereocenters. The molecular formula is C17H20FNO2. The SMILES string of the molecule is COCCc1ccc(Oc2ccc(F)cc2C(C)N)cc1. The molecule has 21 heavy (non-hydrogen) atoms. The molecule has 3 nitrogen and oxygen atoms in total. The van der Waals surface area contributed by atoms with Crippen LogP contribution < -0.4 is 10.5 Å². The minimum Gasteiger partial charge on any atom is -0.457 e. The zero-order chi connectivity index (χ0) is 15.2. The van der Waals surface area contributed by atoms with E-state index in [4.69, 9.17) is 15.2 Å². The van der Waals surface area contributed by atoms with Gasteiger partial charge in [0.05, 0.1) is 6.61 Å². The summed E-state index contributed by atoms with van der Waals surface area (Å²) in [5, 5.41) is 0. The normalized spacial score (nSPS) is 12.2. The zero-order valence-corrected chi connectivity index (χ0v) is 12.3. The summed E-state index contributed by atoms with van der Waals surface area (Å²) in [4.78, 5) is 0. The van der Waals surface area contributed by atoms with Gasteiger partial charge in [0.15, 0.2) is 0 Å². The summed E-state index contributed by atoms with van der Waals surface area (Å²) in [6.07, 6.45) is 0.860. The molecule has 0 amide bonds. The van der Waals surface area contributed by atoms with Crippen LogP contribution in [-0.2, 0) is 11.2 Å². The Balaban J connectivity index is 2.14. The maximum atomic E-state index is 13.3. The van der Waals surface area contributed by atoms with Crippen LogP contribution in [0.5, 0.6) is 11.5 Å². The first-order valence-electron chi connectivity index (χ1n) is 6.91. The highest BCUT2D eigenvalue weighted by Crippen LogP contribution is 2.29. The highest BCUT2D eigenvalue weighted by molar-refractivity contribution is 5.40. The molecule has 0 radical (unpaired) electrons. The van der Waals surface area contributed by atoms with Crippen LogP contribution >= 0.6 is 0 Å². The zero-order valence-electron chi connectivity index (χ0n) is 12.3. The second-order valence-corrected chi connectivity index (χ2v) is 4.96. The Morgan fingerprint density at radius 1 is 1.14 bits per heavy atom. The predicted octanol–water partition coefficient (Wildman–Crippen LogP) is 3.83. The summed E-state index contributed by atoms with van der Waals surface area (Å²) in [5.41, 5.74) is 7.68. The lowest BCUT2D eigenvalue weighted by atomic mass is 10.1. The summed E-state index contributed by atoms with van der Waals surface area (Å²) in [7, 11) is 1.68. The number of benzene rings is 2. The smallest absolute Gasteiger partial charge is 0.132 e. The molecule has 0 aliphatic carbocycles. The Morgan fingerprint density at radius 2 is 1.86 bits per heavy atom. The Morgan fingerprint density at radius 3 is 2.48 bits per heavy atom. The van der Waals surface area contributed by atoms with Gasteiger partial charge in [-0.3, -0.25) is 0 Å². The van der Waals surface area contributed by atoms with Gasteiger partial charge in [-0.2, -0.15) is 0 Å². The van der Waals surface area contributed by atoms with Crippen molar-refractivity contribution in [2.75, 3.05) is 13.7 Å². The van der Waals surface area contributed by atoms with E-state index in [0.29, 0.717) is 23.7 Å². The van der Waals surface area contributed by atoms with Gasteiger partial charge in [0, 0.05) is 18.7 Å². The van der Waals surface area contributed by atoms with Crippen molar-refractivity contribution >= 4 is 0 Å². The molecule has 0 heterocycles. The minimum atomic E-state index is -0.315. The number of nitrogens with two attached hydrogens (primary N) is 1. The van der Waals surface area contributed by atoms with Gasteiger partial charge in [-0.05, 0) is 49.2 Å². The Kier molecular flexibility index (Phi) is 5.31. The summed E-state index contributed by atoms with van der Waals surface area (Å²) in [5.74, 6) is 0.963. The van der Waals surface area contributed by atoms with Gasteiger partial charge in [-0.1, -0.05) is 12.1 Å². The van der Waals surface area contributed by atoms with E-state index in [0.717, 1.165) is 6.42 Å². The van der Waals surface area contributed by atoms with Crippen LogP contribution in [-0.4, -0.2) is 13.7 Å². The van der Waals surface area contributed by atoms with Crippen molar-refractivity contribution in [2.24, 2.45) is 5.73 Å². The molecule has 0 saturated carbocycles. The number of halogens is 1. The molecule has 112 valence electrons. The minimum absolute atomic E-state index is 0.295. The van der Waals surface area contributed by atoms with Crippen molar-refractivity contribution < 1.29 is 13.9 Å². The van der Waals surface area contributed by atoms with Crippen LogP contribution in [0.4, 0.5) is 4.39 Å². The molecule has 2 N–H and O–H groups in total. The van der Waals surface area contributed by atoms with Crippen LogP contribution in [0.1, 0.15) is 24.1 Å². The molecule has 2 aromatic carbocycles. The van der Waals surface area contributed by atoms with Gasteiger partial charge >= 0.3 is 0 Å². The lowest BCUT2D eigenvalue weighted by molar-refractivity contribution is 0.202. The van der Waals surface area contributed by atoms with Gasteiger partial charge in [0.25, 0.3) is 0 Å². The van der Waals surface area contributed by atoms with Crippen LogP contribution in [0.25, 0.3) is 0 Å². The number of methoxy groups -OCH3 is 1. The highest BCUT2D eigenvalue weighted by Gasteiger charge is 2.10. The van der Waals surface area contributed by atoms with E-state index >= 15 is 0 Å². The van der Waals surface area contributed by atoms with Crippen LogP contribution in [0.15, 0.2) is 42.5 Å². The molecule has 1 atom stereocenters. The van der Waals surface area contributed by atoms with Gasteiger partial charge < -0.3 is 15.2 Å². The first-order chi connectivity index (χ1) is 10.1. The fourth-order valence-electron chi connectivity index (χ4n) is 2.04.